The molecule has 4 heteroatoms. The van der Waals surface area contributed by atoms with Crippen LogP contribution in [0.2, 0.25) is 0 Å². The summed E-state index contributed by atoms with van der Waals surface area (Å²) >= 11 is 0. The van der Waals surface area contributed by atoms with E-state index in [1.54, 1.807) is 13.8 Å². The minimum atomic E-state index is -0.706. The zero-order valence-corrected chi connectivity index (χ0v) is 10.5. The standard InChI is InChI=1S/C12H21NO3/c1-5-12(6-2,8-14)13-9(15)7-11(3,4)10(13)16/h14H,5-8H2,1-4H3. The van der Waals surface area contributed by atoms with E-state index in [0.717, 1.165) is 0 Å². The number of imide groups is 1. The molecule has 1 heterocycles. The van der Waals surface area contributed by atoms with Gasteiger partial charge in [-0.3, -0.25) is 14.5 Å². The first-order chi connectivity index (χ1) is 7.34. The fraction of sp³-hybridized carbons (Fsp3) is 0.833. The van der Waals surface area contributed by atoms with E-state index in [1.807, 2.05) is 13.8 Å². The number of carbonyl (C=O) groups excluding carboxylic acids is 2. The lowest BCUT2D eigenvalue weighted by molar-refractivity contribution is -0.150. The summed E-state index contributed by atoms with van der Waals surface area (Å²) < 4.78 is 0. The summed E-state index contributed by atoms with van der Waals surface area (Å²) in [6.45, 7) is 7.19. The van der Waals surface area contributed by atoms with Crippen molar-refractivity contribution >= 4 is 11.8 Å². The van der Waals surface area contributed by atoms with Gasteiger partial charge in [-0.25, -0.2) is 0 Å². The molecule has 2 amide bonds. The van der Waals surface area contributed by atoms with Crippen LogP contribution in [-0.4, -0.2) is 34.0 Å². The third kappa shape index (κ3) is 1.75. The van der Waals surface area contributed by atoms with Crippen LogP contribution in [-0.2, 0) is 9.59 Å². The summed E-state index contributed by atoms with van der Waals surface area (Å²) in [6.07, 6.45) is 1.43. The molecule has 0 atom stereocenters. The lowest BCUT2D eigenvalue weighted by atomic mass is 9.89. The van der Waals surface area contributed by atoms with E-state index in [0.29, 0.717) is 12.8 Å². The predicted octanol–water partition coefficient (Wildman–Crippen LogP) is 1.32. The number of rotatable bonds is 4. The zero-order valence-electron chi connectivity index (χ0n) is 10.5. The molecule has 1 aliphatic rings. The molecule has 0 unspecified atom stereocenters. The summed E-state index contributed by atoms with van der Waals surface area (Å²) in [4.78, 5) is 25.4. The second kappa shape index (κ2) is 4.17. The van der Waals surface area contributed by atoms with Crippen molar-refractivity contribution in [1.82, 2.24) is 4.90 Å². The van der Waals surface area contributed by atoms with Gasteiger partial charge in [-0.15, -0.1) is 0 Å². The van der Waals surface area contributed by atoms with E-state index in [1.165, 1.54) is 4.90 Å². The fourth-order valence-corrected chi connectivity index (χ4v) is 2.29. The maximum Gasteiger partial charge on any atom is 0.235 e. The molecule has 92 valence electrons. The average molecular weight is 227 g/mol. The molecule has 0 aromatic carbocycles. The number of hydrogen-bond donors (Lipinski definition) is 1. The van der Waals surface area contributed by atoms with Crippen molar-refractivity contribution in [2.75, 3.05) is 6.61 Å². The first-order valence-corrected chi connectivity index (χ1v) is 5.83. The Labute approximate surface area is 96.6 Å². The monoisotopic (exact) mass is 227 g/mol. The van der Waals surface area contributed by atoms with E-state index >= 15 is 0 Å². The SMILES string of the molecule is CCC(CC)(CO)N1C(=O)CC(C)(C)C1=O. The molecule has 1 fully saturated rings. The van der Waals surface area contributed by atoms with Crippen LogP contribution in [0.25, 0.3) is 0 Å². The third-order valence-corrected chi connectivity index (χ3v) is 3.71. The third-order valence-electron chi connectivity index (χ3n) is 3.71. The van der Waals surface area contributed by atoms with Crippen LogP contribution in [0.5, 0.6) is 0 Å². The second-order valence-electron chi connectivity index (χ2n) is 5.18. The number of carbonyl (C=O) groups is 2. The summed E-state index contributed by atoms with van der Waals surface area (Å²) in [6, 6.07) is 0. The van der Waals surface area contributed by atoms with E-state index in [4.69, 9.17) is 0 Å². The Morgan fingerprint density at radius 2 is 1.81 bits per heavy atom. The first kappa shape index (κ1) is 13.2. The van der Waals surface area contributed by atoms with E-state index in [-0.39, 0.29) is 24.8 Å². The molecule has 1 saturated heterocycles. The van der Waals surface area contributed by atoms with Gasteiger partial charge in [0.2, 0.25) is 11.8 Å². The highest BCUT2D eigenvalue weighted by Crippen LogP contribution is 2.38. The van der Waals surface area contributed by atoms with Gasteiger partial charge in [0.1, 0.15) is 0 Å². The molecule has 0 aliphatic carbocycles. The quantitative estimate of drug-likeness (QED) is 0.737. The van der Waals surface area contributed by atoms with Crippen molar-refractivity contribution in [2.45, 2.75) is 52.5 Å². The van der Waals surface area contributed by atoms with E-state index in [9.17, 15) is 14.7 Å². The molecule has 1 aliphatic heterocycles. The molecular formula is C12H21NO3. The molecule has 1 N–H and O–H groups in total. The van der Waals surface area contributed by atoms with Gasteiger partial charge in [0.15, 0.2) is 0 Å². The Hall–Kier alpha value is -0.900. The lowest BCUT2D eigenvalue weighted by Crippen LogP contribution is -2.54. The normalized spacial score (nSPS) is 20.7. The number of aliphatic hydroxyl groups excluding tert-OH is 1. The maximum absolute atomic E-state index is 12.2. The van der Waals surface area contributed by atoms with Gasteiger partial charge in [-0.1, -0.05) is 27.7 Å². The summed E-state index contributed by atoms with van der Waals surface area (Å²) in [7, 11) is 0. The van der Waals surface area contributed by atoms with Gasteiger partial charge >= 0.3 is 0 Å². The van der Waals surface area contributed by atoms with Gasteiger partial charge in [-0.05, 0) is 12.8 Å². The Morgan fingerprint density at radius 3 is 2.06 bits per heavy atom. The van der Waals surface area contributed by atoms with Gasteiger partial charge in [0, 0.05) is 6.42 Å². The van der Waals surface area contributed by atoms with Crippen LogP contribution in [0, 0.1) is 5.41 Å². The number of nitrogens with zero attached hydrogens (tertiary/aromatic N) is 1. The maximum atomic E-state index is 12.2. The van der Waals surface area contributed by atoms with Crippen molar-refractivity contribution in [1.29, 1.82) is 0 Å². The van der Waals surface area contributed by atoms with Crippen LogP contribution in [0.4, 0.5) is 0 Å². The molecule has 0 aromatic heterocycles. The summed E-state index contributed by atoms with van der Waals surface area (Å²) in [5.41, 5.74) is -1.33. The Kier molecular flexibility index (Phi) is 3.43. The van der Waals surface area contributed by atoms with Crippen molar-refractivity contribution in [3.05, 3.63) is 0 Å². The number of aliphatic hydroxyl groups is 1. The molecule has 0 bridgehead atoms. The molecule has 1 rings (SSSR count). The molecule has 4 nitrogen and oxygen atoms in total. The van der Waals surface area contributed by atoms with Gasteiger partial charge < -0.3 is 5.11 Å². The van der Waals surface area contributed by atoms with Crippen LogP contribution >= 0.6 is 0 Å². The topological polar surface area (TPSA) is 57.6 Å². The number of likely N-dealkylation sites (tertiary alicyclic amines) is 1. The Bertz CT molecular complexity index is 297. The van der Waals surface area contributed by atoms with Crippen LogP contribution < -0.4 is 0 Å². The van der Waals surface area contributed by atoms with Gasteiger partial charge in [-0.2, -0.15) is 0 Å². The van der Waals surface area contributed by atoms with Crippen LogP contribution in [0.1, 0.15) is 47.0 Å². The first-order valence-electron chi connectivity index (χ1n) is 5.83. The molecule has 0 radical (unpaired) electrons. The number of hydrogen-bond acceptors (Lipinski definition) is 3. The van der Waals surface area contributed by atoms with Crippen LogP contribution in [0.3, 0.4) is 0 Å². The molecule has 0 spiro atoms. The van der Waals surface area contributed by atoms with Crippen molar-refractivity contribution in [2.24, 2.45) is 5.41 Å². The molecule has 0 saturated carbocycles. The number of amides is 2. The van der Waals surface area contributed by atoms with E-state index < -0.39 is 11.0 Å². The summed E-state index contributed by atoms with van der Waals surface area (Å²) in [5.74, 6) is -0.317. The van der Waals surface area contributed by atoms with Crippen molar-refractivity contribution < 1.29 is 14.7 Å². The Morgan fingerprint density at radius 1 is 1.31 bits per heavy atom. The fourth-order valence-electron chi connectivity index (χ4n) is 2.29. The van der Waals surface area contributed by atoms with Gasteiger partial charge in [0.05, 0.1) is 17.6 Å². The highest BCUT2D eigenvalue weighted by Gasteiger charge is 2.52. The largest absolute Gasteiger partial charge is 0.394 e. The van der Waals surface area contributed by atoms with Crippen molar-refractivity contribution in [3.63, 3.8) is 0 Å². The minimum absolute atomic E-state index is 0.157. The second-order valence-corrected chi connectivity index (χ2v) is 5.18. The highest BCUT2D eigenvalue weighted by atomic mass is 16.3. The average Bonchev–Trinajstić information content (AvgIpc) is 2.43. The zero-order chi connectivity index (χ0) is 12.6. The van der Waals surface area contributed by atoms with Crippen LogP contribution in [0.15, 0.2) is 0 Å². The minimum Gasteiger partial charge on any atom is -0.394 e. The van der Waals surface area contributed by atoms with Gasteiger partial charge in [0.25, 0.3) is 0 Å². The smallest absolute Gasteiger partial charge is 0.235 e. The molecular weight excluding hydrogens is 206 g/mol. The molecule has 0 aromatic rings. The van der Waals surface area contributed by atoms with E-state index in [2.05, 4.69) is 0 Å². The molecule has 16 heavy (non-hydrogen) atoms. The predicted molar refractivity (Wildman–Crippen MR) is 60.6 cm³/mol. The lowest BCUT2D eigenvalue weighted by Gasteiger charge is -2.38. The Balaban J connectivity index is 3.13. The highest BCUT2D eigenvalue weighted by molar-refractivity contribution is 6.06. The summed E-state index contributed by atoms with van der Waals surface area (Å²) in [5, 5.41) is 9.50. The van der Waals surface area contributed by atoms with Crippen molar-refractivity contribution in [3.8, 4) is 0 Å².